The van der Waals surface area contributed by atoms with Crippen molar-refractivity contribution in [1.82, 2.24) is 0 Å². The lowest BCUT2D eigenvalue weighted by Crippen LogP contribution is -2.15. The minimum atomic E-state index is -0.608. The van der Waals surface area contributed by atoms with E-state index < -0.39 is 10.3 Å². The Hall–Kier alpha value is -2.18. The van der Waals surface area contributed by atoms with E-state index in [-0.39, 0.29) is 38.3 Å². The van der Waals surface area contributed by atoms with Crippen LogP contribution in [0.1, 0.15) is 52.7 Å². The van der Waals surface area contributed by atoms with Crippen LogP contribution in [-0.2, 0) is 10.8 Å². The van der Waals surface area contributed by atoms with Gasteiger partial charge >= 0.3 is 5.69 Å². The lowest BCUT2D eigenvalue weighted by molar-refractivity contribution is -0.385. The highest BCUT2D eigenvalue weighted by Gasteiger charge is 2.33. The molecule has 8 heteroatoms. The number of nitro benzene ring substituents is 1. The second kappa shape index (κ2) is 7.68. The molecule has 0 fully saturated rings. The first-order chi connectivity index (χ1) is 12.7. The lowest BCUT2D eigenvalue weighted by atomic mass is 9.85. The van der Waals surface area contributed by atoms with E-state index in [0.29, 0.717) is 5.56 Å². The number of nitro groups is 1. The minimum Gasteiger partial charge on any atom is -0.506 e. The maximum absolute atomic E-state index is 11.8. The van der Waals surface area contributed by atoms with E-state index >= 15 is 0 Å². The predicted molar refractivity (Wildman–Crippen MR) is 113 cm³/mol. The standard InChI is InChI=1S/C20H23Cl2N3O3/c1-19(2,3)11-7-8-15(26)14(9-11)23-24-17-13(22)10-12(21)16(20(4,5)6)18(17)25(27)28/h7-10,26H,1-6H3. The van der Waals surface area contributed by atoms with Crippen LogP contribution in [-0.4, -0.2) is 10.0 Å². The van der Waals surface area contributed by atoms with Gasteiger partial charge in [0.15, 0.2) is 5.69 Å². The molecule has 0 saturated heterocycles. The molecule has 0 aliphatic rings. The molecule has 0 radical (unpaired) electrons. The number of hydrogen-bond acceptors (Lipinski definition) is 5. The molecule has 0 spiro atoms. The van der Waals surface area contributed by atoms with Crippen LogP contribution in [0.2, 0.25) is 10.0 Å². The molecule has 150 valence electrons. The Labute approximate surface area is 174 Å². The molecule has 0 heterocycles. The number of aromatic hydroxyl groups is 1. The number of hydrogen-bond donors (Lipinski definition) is 1. The highest BCUT2D eigenvalue weighted by molar-refractivity contribution is 6.37. The molecule has 0 aliphatic carbocycles. The summed E-state index contributed by atoms with van der Waals surface area (Å²) >= 11 is 12.5. The average Bonchev–Trinajstić information content (AvgIpc) is 2.52. The summed E-state index contributed by atoms with van der Waals surface area (Å²) in [6.45, 7) is 11.5. The Kier molecular flexibility index (Phi) is 6.07. The van der Waals surface area contributed by atoms with Gasteiger partial charge in [0, 0.05) is 0 Å². The SMILES string of the molecule is CC(C)(C)c1ccc(O)c(N=Nc2c(Cl)cc(Cl)c(C(C)(C)C)c2[N+](=O)[O-])c1. The zero-order valence-electron chi connectivity index (χ0n) is 16.7. The van der Waals surface area contributed by atoms with Gasteiger partial charge in [0.1, 0.15) is 11.4 Å². The molecule has 2 aromatic carbocycles. The molecule has 0 saturated carbocycles. The number of phenolic OH excluding ortho intramolecular Hbond substituents is 1. The maximum Gasteiger partial charge on any atom is 0.303 e. The minimum absolute atomic E-state index is 0.0138. The fourth-order valence-electron chi connectivity index (χ4n) is 2.76. The Morgan fingerprint density at radius 3 is 2.07 bits per heavy atom. The quantitative estimate of drug-likeness (QED) is 0.312. The van der Waals surface area contributed by atoms with Gasteiger partial charge in [0.25, 0.3) is 0 Å². The Bertz CT molecular complexity index is 959. The molecule has 0 aliphatic heterocycles. The summed E-state index contributed by atoms with van der Waals surface area (Å²) in [5, 5.41) is 30.2. The van der Waals surface area contributed by atoms with E-state index in [9.17, 15) is 15.2 Å². The van der Waals surface area contributed by atoms with Gasteiger partial charge in [-0.05, 0) is 34.6 Å². The largest absolute Gasteiger partial charge is 0.506 e. The van der Waals surface area contributed by atoms with Gasteiger partial charge in [0.2, 0.25) is 0 Å². The smallest absolute Gasteiger partial charge is 0.303 e. The number of phenols is 1. The summed E-state index contributed by atoms with van der Waals surface area (Å²) in [6, 6.07) is 6.44. The normalized spacial score (nSPS) is 12.6. The molecule has 0 aromatic heterocycles. The molecule has 28 heavy (non-hydrogen) atoms. The molecular weight excluding hydrogens is 401 g/mol. The number of nitrogens with zero attached hydrogens (tertiary/aromatic N) is 3. The highest BCUT2D eigenvalue weighted by atomic mass is 35.5. The lowest BCUT2D eigenvalue weighted by Gasteiger charge is -2.21. The fraction of sp³-hybridized carbons (Fsp3) is 0.400. The molecule has 2 rings (SSSR count). The van der Waals surface area contributed by atoms with E-state index in [0.717, 1.165) is 5.56 Å². The van der Waals surface area contributed by atoms with Gasteiger partial charge in [-0.2, -0.15) is 0 Å². The van der Waals surface area contributed by atoms with Crippen molar-refractivity contribution in [2.45, 2.75) is 52.4 Å². The topological polar surface area (TPSA) is 88.1 Å². The first-order valence-electron chi connectivity index (χ1n) is 8.65. The van der Waals surface area contributed by atoms with Crippen molar-refractivity contribution in [3.05, 3.63) is 55.6 Å². The van der Waals surface area contributed by atoms with E-state index in [2.05, 4.69) is 10.2 Å². The first-order valence-corrected chi connectivity index (χ1v) is 9.41. The summed E-state index contributed by atoms with van der Waals surface area (Å²) in [4.78, 5) is 11.2. The van der Waals surface area contributed by atoms with E-state index in [1.165, 1.54) is 12.1 Å². The van der Waals surface area contributed by atoms with Gasteiger partial charge < -0.3 is 5.11 Å². The first kappa shape index (κ1) is 22.1. The molecule has 0 atom stereocenters. The van der Waals surface area contributed by atoms with Crippen molar-refractivity contribution < 1.29 is 10.0 Å². The van der Waals surface area contributed by atoms with Crippen molar-refractivity contribution in [2.75, 3.05) is 0 Å². The van der Waals surface area contributed by atoms with Crippen LogP contribution in [0, 0.1) is 10.1 Å². The summed E-state index contributed by atoms with van der Waals surface area (Å²) in [5.74, 6) is -0.0828. The van der Waals surface area contributed by atoms with Gasteiger partial charge in [-0.3, -0.25) is 10.1 Å². The van der Waals surface area contributed by atoms with Crippen LogP contribution in [0.4, 0.5) is 17.1 Å². The number of azo groups is 1. The van der Waals surface area contributed by atoms with Crippen molar-refractivity contribution >= 4 is 40.3 Å². The van der Waals surface area contributed by atoms with Gasteiger partial charge in [-0.15, -0.1) is 10.2 Å². The van der Waals surface area contributed by atoms with Crippen LogP contribution in [0.25, 0.3) is 0 Å². The van der Waals surface area contributed by atoms with Crippen molar-refractivity contribution in [3.8, 4) is 5.75 Å². The van der Waals surface area contributed by atoms with Gasteiger partial charge in [-0.1, -0.05) is 70.8 Å². The zero-order valence-corrected chi connectivity index (χ0v) is 18.2. The molecule has 1 N–H and O–H groups in total. The summed E-state index contributed by atoms with van der Waals surface area (Å²) < 4.78 is 0. The summed E-state index contributed by atoms with van der Waals surface area (Å²) in [7, 11) is 0. The zero-order chi connectivity index (χ0) is 21.4. The summed E-state index contributed by atoms with van der Waals surface area (Å²) in [5.41, 5.74) is 0.299. The third-order valence-corrected chi connectivity index (χ3v) is 4.80. The molecule has 2 aromatic rings. The van der Waals surface area contributed by atoms with Crippen LogP contribution in [0.15, 0.2) is 34.5 Å². The second-order valence-electron chi connectivity index (χ2n) is 8.57. The monoisotopic (exact) mass is 423 g/mol. The van der Waals surface area contributed by atoms with E-state index in [4.69, 9.17) is 23.2 Å². The highest BCUT2D eigenvalue weighted by Crippen LogP contribution is 2.47. The summed E-state index contributed by atoms with van der Waals surface area (Å²) in [6.07, 6.45) is 0. The third kappa shape index (κ3) is 4.62. The molecule has 0 unspecified atom stereocenters. The molecule has 0 bridgehead atoms. The number of halogens is 2. The van der Waals surface area contributed by atoms with Crippen molar-refractivity contribution in [1.29, 1.82) is 0 Å². The van der Waals surface area contributed by atoms with Crippen molar-refractivity contribution in [3.63, 3.8) is 0 Å². The van der Waals surface area contributed by atoms with E-state index in [1.807, 2.05) is 41.5 Å². The number of rotatable bonds is 3. The third-order valence-electron chi connectivity index (χ3n) is 4.21. The fourth-order valence-corrected chi connectivity index (χ4v) is 3.53. The molecule has 0 amide bonds. The van der Waals surface area contributed by atoms with Gasteiger partial charge in [-0.25, -0.2) is 0 Å². The van der Waals surface area contributed by atoms with Crippen LogP contribution in [0.5, 0.6) is 5.75 Å². The van der Waals surface area contributed by atoms with E-state index in [1.54, 1.807) is 12.1 Å². The second-order valence-corrected chi connectivity index (χ2v) is 9.39. The molecular formula is C20H23Cl2N3O3. The Morgan fingerprint density at radius 2 is 1.57 bits per heavy atom. The van der Waals surface area contributed by atoms with Gasteiger partial charge in [0.05, 0.1) is 20.5 Å². The predicted octanol–water partition coefficient (Wildman–Crippen LogP) is 7.62. The number of benzene rings is 2. The van der Waals surface area contributed by atoms with Crippen molar-refractivity contribution in [2.24, 2.45) is 10.2 Å². The maximum atomic E-state index is 11.8. The Balaban J connectivity index is 2.69. The molecule has 6 nitrogen and oxygen atoms in total. The Morgan fingerprint density at radius 1 is 0.964 bits per heavy atom. The van der Waals surface area contributed by atoms with Crippen LogP contribution in [0.3, 0.4) is 0 Å². The average molecular weight is 424 g/mol. The van der Waals surface area contributed by atoms with Crippen LogP contribution < -0.4 is 0 Å². The van der Waals surface area contributed by atoms with Crippen LogP contribution >= 0.6 is 23.2 Å².